The first-order valence-electron chi connectivity index (χ1n) is 13.2. The van der Waals surface area contributed by atoms with Crippen LogP contribution >= 0.6 is 0 Å². The third-order valence-electron chi connectivity index (χ3n) is 5.86. The summed E-state index contributed by atoms with van der Waals surface area (Å²) >= 11 is 0. The van der Waals surface area contributed by atoms with Crippen molar-refractivity contribution in [2.24, 2.45) is 0 Å². The van der Waals surface area contributed by atoms with Crippen molar-refractivity contribution in [3.8, 4) is 5.75 Å². The number of furan rings is 1. The van der Waals surface area contributed by atoms with Crippen molar-refractivity contribution in [3.05, 3.63) is 88.4 Å². The second kappa shape index (κ2) is 15.8. The molecule has 0 aliphatic rings. The van der Waals surface area contributed by atoms with E-state index in [9.17, 15) is 9.90 Å². The number of ketones is 1. The summed E-state index contributed by atoms with van der Waals surface area (Å²) in [6.45, 7) is 19.0. The fourth-order valence-electron chi connectivity index (χ4n) is 3.75. The average molecular weight is 508 g/mol. The molecule has 3 rings (SSSR count). The van der Waals surface area contributed by atoms with Crippen LogP contribution in [-0.2, 0) is 6.61 Å². The monoisotopic (exact) mass is 507 g/mol. The van der Waals surface area contributed by atoms with Crippen LogP contribution in [0.2, 0.25) is 0 Å². The minimum Gasteiger partial charge on any atom is -0.485 e. The summed E-state index contributed by atoms with van der Waals surface area (Å²) in [5.74, 6) is 2.16. The highest BCUT2D eigenvalue weighted by Gasteiger charge is 2.16. The van der Waals surface area contributed by atoms with Gasteiger partial charge in [-0.1, -0.05) is 67.5 Å². The second-order valence-electron chi connectivity index (χ2n) is 9.64. The van der Waals surface area contributed by atoms with Gasteiger partial charge >= 0.3 is 0 Å². The summed E-state index contributed by atoms with van der Waals surface area (Å²) in [7, 11) is 0. The molecule has 2 aromatic carbocycles. The molecule has 0 saturated heterocycles. The Balaban J connectivity index is 0.000000348. The molecular formula is C32H45NO4. The zero-order valence-electron chi connectivity index (χ0n) is 24.0. The molecule has 0 radical (unpaired) electrons. The van der Waals surface area contributed by atoms with Gasteiger partial charge in [-0.3, -0.25) is 4.79 Å². The van der Waals surface area contributed by atoms with Crippen molar-refractivity contribution < 1.29 is 19.1 Å². The topological polar surface area (TPSA) is 83.5 Å². The molecule has 0 fully saturated rings. The number of rotatable bonds is 9. The maximum Gasteiger partial charge on any atom is 0.235 e. The van der Waals surface area contributed by atoms with Crippen LogP contribution in [0.3, 0.4) is 0 Å². The lowest BCUT2D eigenvalue weighted by Gasteiger charge is -2.21. The van der Waals surface area contributed by atoms with Crippen LogP contribution in [0.1, 0.15) is 118 Å². The molecule has 2 N–H and O–H groups in total. The number of Topliss-reactive ketones (excluding diaryl/α,β-unsaturated/α-hetero) is 1. The number of carbonyl (C=O) groups is 1. The normalized spacial score (nSPS) is 10.5. The molecule has 0 aliphatic carbocycles. The predicted octanol–water partition coefficient (Wildman–Crippen LogP) is 8.50. The highest BCUT2D eigenvalue weighted by atomic mass is 16.5. The summed E-state index contributed by atoms with van der Waals surface area (Å²) in [5, 5.41) is 17.1. The SMILES string of the molecule is CC.CC(=N)c1ccc(OCC(=O)c2ccco2)cc1.CC(C)c1cc(C(C)C)c(CO)c(C(C)C)c1. The van der Waals surface area contributed by atoms with Gasteiger partial charge in [0.15, 0.2) is 12.4 Å². The fraction of sp³-hybridized carbons (Fsp3) is 0.438. The number of benzene rings is 2. The molecule has 0 saturated carbocycles. The molecule has 0 bridgehead atoms. The Bertz CT molecular complexity index is 1070. The number of aliphatic hydroxyl groups is 1. The van der Waals surface area contributed by atoms with Crippen LogP contribution in [-0.4, -0.2) is 23.2 Å². The Morgan fingerprint density at radius 3 is 1.84 bits per heavy atom. The first-order valence-corrected chi connectivity index (χ1v) is 13.2. The summed E-state index contributed by atoms with van der Waals surface area (Å²) < 4.78 is 10.3. The van der Waals surface area contributed by atoms with Gasteiger partial charge in [-0.15, -0.1) is 0 Å². The van der Waals surface area contributed by atoms with E-state index in [2.05, 4.69) is 53.7 Å². The summed E-state index contributed by atoms with van der Waals surface area (Å²) in [4.78, 5) is 11.6. The van der Waals surface area contributed by atoms with Crippen molar-refractivity contribution in [1.82, 2.24) is 0 Å². The van der Waals surface area contributed by atoms with E-state index in [-0.39, 0.29) is 19.0 Å². The Labute approximate surface area is 223 Å². The molecule has 0 aliphatic heterocycles. The molecule has 0 amide bonds. The molecule has 202 valence electrons. The zero-order valence-corrected chi connectivity index (χ0v) is 24.0. The summed E-state index contributed by atoms with van der Waals surface area (Å²) in [6.07, 6.45) is 1.45. The Morgan fingerprint density at radius 2 is 1.46 bits per heavy atom. The summed E-state index contributed by atoms with van der Waals surface area (Å²) in [6, 6.07) is 14.9. The minimum atomic E-state index is -0.202. The first-order chi connectivity index (χ1) is 17.5. The fourth-order valence-corrected chi connectivity index (χ4v) is 3.75. The average Bonchev–Trinajstić information content (AvgIpc) is 3.43. The molecule has 5 heteroatoms. The lowest BCUT2D eigenvalue weighted by atomic mass is 9.85. The zero-order chi connectivity index (χ0) is 28.1. The largest absolute Gasteiger partial charge is 0.485 e. The number of carbonyl (C=O) groups excluding carboxylic acids is 1. The van der Waals surface area contributed by atoms with Gasteiger partial charge in [0.2, 0.25) is 5.78 Å². The van der Waals surface area contributed by atoms with E-state index >= 15 is 0 Å². The van der Waals surface area contributed by atoms with E-state index in [0.29, 0.717) is 35.0 Å². The molecule has 37 heavy (non-hydrogen) atoms. The van der Waals surface area contributed by atoms with Gasteiger partial charge in [0.05, 0.1) is 12.9 Å². The van der Waals surface area contributed by atoms with Crippen molar-refractivity contribution >= 4 is 11.5 Å². The van der Waals surface area contributed by atoms with Crippen LogP contribution in [0.25, 0.3) is 0 Å². The second-order valence-corrected chi connectivity index (χ2v) is 9.64. The summed E-state index contributed by atoms with van der Waals surface area (Å²) in [5.41, 5.74) is 6.46. The molecule has 5 nitrogen and oxygen atoms in total. The lowest BCUT2D eigenvalue weighted by Crippen LogP contribution is -2.10. The van der Waals surface area contributed by atoms with Gasteiger partial charge in [-0.25, -0.2) is 0 Å². The first kappa shape index (κ1) is 31.8. The van der Waals surface area contributed by atoms with E-state index in [1.54, 1.807) is 43.3 Å². The van der Waals surface area contributed by atoms with Gasteiger partial charge in [0.1, 0.15) is 5.75 Å². The molecule has 1 aromatic heterocycles. The number of hydrogen-bond acceptors (Lipinski definition) is 5. The Hall–Kier alpha value is -3.18. The van der Waals surface area contributed by atoms with Crippen molar-refractivity contribution in [3.63, 3.8) is 0 Å². The maximum absolute atomic E-state index is 11.6. The molecule has 1 heterocycles. The van der Waals surface area contributed by atoms with Crippen molar-refractivity contribution in [1.29, 1.82) is 5.41 Å². The number of aliphatic hydroxyl groups excluding tert-OH is 1. The van der Waals surface area contributed by atoms with E-state index in [1.165, 1.54) is 23.0 Å². The third-order valence-corrected chi connectivity index (χ3v) is 5.86. The number of hydrogen-bond donors (Lipinski definition) is 2. The molecule has 3 aromatic rings. The molecule has 0 atom stereocenters. The Kier molecular flexibility index (Phi) is 13.6. The van der Waals surface area contributed by atoms with Crippen LogP contribution in [0, 0.1) is 5.41 Å². The van der Waals surface area contributed by atoms with Crippen LogP contribution in [0.15, 0.2) is 59.2 Å². The van der Waals surface area contributed by atoms with Gasteiger partial charge in [0.25, 0.3) is 0 Å². The molecular weight excluding hydrogens is 462 g/mol. The lowest BCUT2D eigenvalue weighted by molar-refractivity contribution is 0.0893. The maximum atomic E-state index is 11.6. The highest BCUT2D eigenvalue weighted by molar-refractivity contribution is 5.96. The molecule has 0 spiro atoms. The highest BCUT2D eigenvalue weighted by Crippen LogP contribution is 2.32. The van der Waals surface area contributed by atoms with Crippen LogP contribution in [0.5, 0.6) is 5.75 Å². The standard InChI is InChI=1S/C16H26O.C14H13NO3.C2H6/c1-10(2)13-7-14(11(3)4)16(9-17)15(8-13)12(5)6;1-10(15)11-4-6-12(7-5-11)18-9-13(16)14-3-2-8-17-14;1-2/h7-8,10-12,17H,9H2,1-6H3;2-8,15H,9H2,1H3;1-2H3. The van der Waals surface area contributed by atoms with E-state index in [1.807, 2.05) is 13.8 Å². The van der Waals surface area contributed by atoms with E-state index in [4.69, 9.17) is 14.6 Å². The van der Waals surface area contributed by atoms with Gasteiger partial charge in [-0.05, 0) is 88.9 Å². The van der Waals surface area contributed by atoms with Crippen molar-refractivity contribution in [2.75, 3.05) is 6.61 Å². The van der Waals surface area contributed by atoms with Gasteiger partial charge in [0, 0.05) is 5.71 Å². The van der Waals surface area contributed by atoms with Crippen molar-refractivity contribution in [2.45, 2.75) is 86.7 Å². The van der Waals surface area contributed by atoms with E-state index in [0.717, 1.165) is 11.1 Å². The van der Waals surface area contributed by atoms with E-state index < -0.39 is 0 Å². The quantitative estimate of drug-likeness (QED) is 0.225. The van der Waals surface area contributed by atoms with Gasteiger partial charge in [-0.2, -0.15) is 0 Å². The minimum absolute atomic E-state index is 0.0591. The number of nitrogens with one attached hydrogen (secondary N) is 1. The van der Waals surface area contributed by atoms with Crippen LogP contribution in [0.4, 0.5) is 0 Å². The number of ether oxygens (including phenoxy) is 1. The Morgan fingerprint density at radius 1 is 0.919 bits per heavy atom. The van der Waals surface area contributed by atoms with Crippen LogP contribution < -0.4 is 4.74 Å². The molecule has 0 unspecified atom stereocenters. The van der Waals surface area contributed by atoms with Gasteiger partial charge < -0.3 is 19.7 Å². The smallest absolute Gasteiger partial charge is 0.235 e. The predicted molar refractivity (Wildman–Crippen MR) is 153 cm³/mol. The third kappa shape index (κ3) is 9.66.